The van der Waals surface area contributed by atoms with E-state index in [-0.39, 0.29) is 30.0 Å². The fourth-order valence-corrected chi connectivity index (χ4v) is 3.35. The maximum Gasteiger partial charge on any atom is 0.281 e. The molecule has 0 bridgehead atoms. The zero-order valence-electron chi connectivity index (χ0n) is 14.1. The molecule has 0 saturated carbocycles. The number of carbonyl (C=O) groups excluding carboxylic acids is 3. The first kappa shape index (κ1) is 18.3. The molecule has 1 aromatic rings. The van der Waals surface area contributed by atoms with Crippen molar-refractivity contribution in [3.63, 3.8) is 0 Å². The van der Waals surface area contributed by atoms with E-state index in [4.69, 9.17) is 0 Å². The van der Waals surface area contributed by atoms with Gasteiger partial charge in [0.05, 0.1) is 6.54 Å². The van der Waals surface area contributed by atoms with Crippen molar-refractivity contribution in [2.75, 3.05) is 37.8 Å². The van der Waals surface area contributed by atoms with E-state index >= 15 is 0 Å². The molecule has 0 unspecified atom stereocenters. The smallest absolute Gasteiger partial charge is 0.281 e. The summed E-state index contributed by atoms with van der Waals surface area (Å²) in [5.41, 5.74) is 1.84. The minimum atomic E-state index is -0.223. The molecule has 3 amide bonds. The van der Waals surface area contributed by atoms with Crippen molar-refractivity contribution in [1.29, 1.82) is 0 Å². The Morgan fingerprint density at radius 3 is 2.75 bits per heavy atom. The molecule has 1 aromatic carbocycles. The van der Waals surface area contributed by atoms with Crippen molar-refractivity contribution in [3.05, 3.63) is 29.8 Å². The van der Waals surface area contributed by atoms with E-state index in [2.05, 4.69) is 5.32 Å². The number of nitrogens with one attached hydrogen (secondary N) is 1. The number of amides is 3. The second kappa shape index (κ2) is 8.73. The van der Waals surface area contributed by atoms with E-state index in [9.17, 15) is 14.4 Å². The highest BCUT2D eigenvalue weighted by atomic mass is 32.2. The van der Waals surface area contributed by atoms with Gasteiger partial charge in [-0.2, -0.15) is 0 Å². The standard InChI is InChI=1S/C17H23N3O3S/c1-3-13-6-4-5-7-14(13)18-15(21)12-19(2)16(22)8-9-20-10-11-24-17(20)23/h4-7H,3,8-12H2,1-2H3,(H,18,21). The molecule has 0 aliphatic carbocycles. The van der Waals surface area contributed by atoms with Crippen LogP contribution in [-0.4, -0.2) is 59.3 Å². The Hall–Kier alpha value is -2.02. The largest absolute Gasteiger partial charge is 0.336 e. The molecular weight excluding hydrogens is 326 g/mol. The van der Waals surface area contributed by atoms with Gasteiger partial charge in [-0.25, -0.2) is 0 Å². The van der Waals surface area contributed by atoms with Gasteiger partial charge < -0.3 is 15.1 Å². The molecule has 7 heteroatoms. The summed E-state index contributed by atoms with van der Waals surface area (Å²) >= 11 is 1.28. The highest BCUT2D eigenvalue weighted by molar-refractivity contribution is 8.13. The normalized spacial score (nSPS) is 13.9. The predicted molar refractivity (Wildman–Crippen MR) is 96.1 cm³/mol. The van der Waals surface area contributed by atoms with Crippen molar-refractivity contribution in [2.24, 2.45) is 0 Å². The third kappa shape index (κ3) is 4.99. The first-order valence-electron chi connectivity index (χ1n) is 8.04. The minimum absolute atomic E-state index is 0.000418. The van der Waals surface area contributed by atoms with Crippen LogP contribution in [0.15, 0.2) is 24.3 Å². The average Bonchev–Trinajstić information content (AvgIpc) is 2.98. The summed E-state index contributed by atoms with van der Waals surface area (Å²) in [4.78, 5) is 38.8. The second-order valence-corrected chi connectivity index (χ2v) is 6.71. The predicted octanol–water partition coefficient (Wildman–Crippen LogP) is 2.20. The highest BCUT2D eigenvalue weighted by Crippen LogP contribution is 2.17. The van der Waals surface area contributed by atoms with Gasteiger partial charge in [0, 0.05) is 38.0 Å². The SMILES string of the molecule is CCc1ccccc1NC(=O)CN(C)C(=O)CCN1CCSC1=O. The van der Waals surface area contributed by atoms with Gasteiger partial charge in [0.2, 0.25) is 11.8 Å². The number of aryl methyl sites for hydroxylation is 1. The second-order valence-electron chi connectivity index (χ2n) is 5.66. The summed E-state index contributed by atoms with van der Waals surface area (Å²) in [6.45, 7) is 3.13. The van der Waals surface area contributed by atoms with E-state index < -0.39 is 0 Å². The topological polar surface area (TPSA) is 69.7 Å². The molecule has 0 radical (unpaired) electrons. The summed E-state index contributed by atoms with van der Waals surface area (Å²) in [5, 5.41) is 2.88. The summed E-state index contributed by atoms with van der Waals surface area (Å²) in [6, 6.07) is 7.63. The molecule has 0 spiro atoms. The van der Waals surface area contributed by atoms with E-state index in [1.807, 2.05) is 31.2 Å². The lowest BCUT2D eigenvalue weighted by Gasteiger charge is -2.19. The fourth-order valence-electron chi connectivity index (χ4n) is 2.49. The molecular formula is C17H23N3O3S. The maximum atomic E-state index is 12.1. The first-order valence-corrected chi connectivity index (χ1v) is 9.03. The zero-order chi connectivity index (χ0) is 17.5. The summed E-state index contributed by atoms with van der Waals surface area (Å²) < 4.78 is 0. The van der Waals surface area contributed by atoms with Gasteiger partial charge >= 0.3 is 0 Å². The van der Waals surface area contributed by atoms with Crippen LogP contribution in [0.2, 0.25) is 0 Å². The van der Waals surface area contributed by atoms with Crippen LogP contribution in [0.5, 0.6) is 0 Å². The van der Waals surface area contributed by atoms with Gasteiger partial charge in [0.25, 0.3) is 5.24 Å². The lowest BCUT2D eigenvalue weighted by molar-refractivity contribution is -0.133. The van der Waals surface area contributed by atoms with Gasteiger partial charge in [-0.1, -0.05) is 36.9 Å². The van der Waals surface area contributed by atoms with Crippen molar-refractivity contribution >= 4 is 34.5 Å². The Bertz CT molecular complexity index is 621. The molecule has 130 valence electrons. The lowest BCUT2D eigenvalue weighted by Crippen LogP contribution is -2.37. The zero-order valence-corrected chi connectivity index (χ0v) is 14.9. The van der Waals surface area contributed by atoms with Crippen LogP contribution >= 0.6 is 11.8 Å². The summed E-state index contributed by atoms with van der Waals surface area (Å²) in [5.74, 6) is 0.417. The lowest BCUT2D eigenvalue weighted by atomic mass is 10.1. The maximum absolute atomic E-state index is 12.1. The molecule has 1 N–H and O–H groups in total. The van der Waals surface area contributed by atoms with Crippen molar-refractivity contribution in [2.45, 2.75) is 19.8 Å². The molecule has 1 heterocycles. The van der Waals surface area contributed by atoms with Crippen LogP contribution in [0, 0.1) is 0 Å². The molecule has 24 heavy (non-hydrogen) atoms. The Morgan fingerprint density at radius 1 is 1.33 bits per heavy atom. The number of nitrogens with zero attached hydrogens (tertiary/aromatic N) is 2. The van der Waals surface area contributed by atoms with Gasteiger partial charge in [0.15, 0.2) is 0 Å². The van der Waals surface area contributed by atoms with Crippen LogP contribution in [0.3, 0.4) is 0 Å². The van der Waals surface area contributed by atoms with Crippen LogP contribution in [0.1, 0.15) is 18.9 Å². The van der Waals surface area contributed by atoms with Crippen LogP contribution < -0.4 is 5.32 Å². The number of thioether (sulfide) groups is 1. The van der Waals surface area contributed by atoms with Gasteiger partial charge in [-0.3, -0.25) is 14.4 Å². The number of likely N-dealkylation sites (N-methyl/N-ethyl adjacent to an activating group) is 1. The van der Waals surface area contributed by atoms with Crippen LogP contribution in [0.4, 0.5) is 10.5 Å². The van der Waals surface area contributed by atoms with Gasteiger partial charge in [-0.05, 0) is 18.1 Å². The van der Waals surface area contributed by atoms with Gasteiger partial charge in [-0.15, -0.1) is 0 Å². The average molecular weight is 349 g/mol. The quantitative estimate of drug-likeness (QED) is 0.819. The van der Waals surface area contributed by atoms with E-state index in [1.54, 1.807) is 11.9 Å². The number of benzene rings is 1. The van der Waals surface area contributed by atoms with Crippen molar-refractivity contribution in [1.82, 2.24) is 9.80 Å². The molecule has 1 aliphatic heterocycles. The van der Waals surface area contributed by atoms with Crippen molar-refractivity contribution < 1.29 is 14.4 Å². The number of anilines is 1. The van der Waals surface area contributed by atoms with E-state index in [1.165, 1.54) is 16.7 Å². The fraction of sp³-hybridized carbons (Fsp3) is 0.471. The molecule has 0 atom stereocenters. The number of para-hydroxylation sites is 1. The molecule has 2 rings (SSSR count). The Balaban J connectivity index is 1.80. The molecule has 1 aliphatic rings. The molecule has 1 fully saturated rings. The Labute approximate surface area is 146 Å². The van der Waals surface area contributed by atoms with E-state index in [0.29, 0.717) is 13.1 Å². The highest BCUT2D eigenvalue weighted by Gasteiger charge is 2.22. The third-order valence-corrected chi connectivity index (χ3v) is 4.81. The summed E-state index contributed by atoms with van der Waals surface area (Å²) in [6.07, 6.45) is 1.06. The molecule has 0 aromatic heterocycles. The van der Waals surface area contributed by atoms with Gasteiger partial charge in [0.1, 0.15) is 0 Å². The van der Waals surface area contributed by atoms with E-state index in [0.717, 1.165) is 23.4 Å². The summed E-state index contributed by atoms with van der Waals surface area (Å²) in [7, 11) is 1.61. The van der Waals surface area contributed by atoms with Crippen molar-refractivity contribution in [3.8, 4) is 0 Å². The van der Waals surface area contributed by atoms with Crippen LogP contribution in [0.25, 0.3) is 0 Å². The third-order valence-electron chi connectivity index (χ3n) is 3.92. The minimum Gasteiger partial charge on any atom is -0.336 e. The monoisotopic (exact) mass is 349 g/mol. The number of carbonyl (C=O) groups is 3. The van der Waals surface area contributed by atoms with Crippen LogP contribution in [-0.2, 0) is 16.0 Å². The Kier molecular flexibility index (Phi) is 6.66. The number of hydrogen-bond acceptors (Lipinski definition) is 4. The molecule has 6 nitrogen and oxygen atoms in total. The Morgan fingerprint density at radius 2 is 2.08 bits per heavy atom. The number of rotatable bonds is 7. The number of hydrogen-bond donors (Lipinski definition) is 1. The first-order chi connectivity index (χ1) is 11.5. The molecule has 1 saturated heterocycles.